The average Bonchev–Trinajstić information content (AvgIpc) is 2.12. The molecule has 0 aromatic heterocycles. The molecule has 0 atom stereocenters. The van der Waals surface area contributed by atoms with Crippen LogP contribution in [-0.2, 0) is 0 Å². The van der Waals surface area contributed by atoms with Crippen LogP contribution in [0.4, 0.5) is 0 Å². The predicted octanol–water partition coefficient (Wildman–Crippen LogP) is 0.867. The lowest BCUT2D eigenvalue weighted by Crippen LogP contribution is -2.71. The van der Waals surface area contributed by atoms with E-state index < -0.39 is 0 Å². The lowest BCUT2D eigenvalue weighted by atomic mass is 9.73. The van der Waals surface area contributed by atoms with Gasteiger partial charge >= 0.3 is 0 Å². The highest BCUT2D eigenvalue weighted by atomic mass is 15.3. The summed E-state index contributed by atoms with van der Waals surface area (Å²) in [5.41, 5.74) is 1.76. The zero-order chi connectivity index (χ0) is 11.6. The molecule has 0 aliphatic carbocycles. The molecule has 88 valence electrons. The Hall–Kier alpha value is -1.00. The molecule has 0 radical (unpaired) electrons. The van der Waals surface area contributed by atoms with E-state index in [9.17, 15) is 0 Å². The maximum Gasteiger partial charge on any atom is 0.0450 e. The van der Waals surface area contributed by atoms with E-state index in [1.54, 1.807) is 12.4 Å². The van der Waals surface area contributed by atoms with Crippen molar-refractivity contribution in [1.82, 2.24) is 9.80 Å². The van der Waals surface area contributed by atoms with E-state index >= 15 is 0 Å². The van der Waals surface area contributed by atoms with Crippen LogP contribution in [-0.4, -0.2) is 62.0 Å². The van der Waals surface area contributed by atoms with Crippen molar-refractivity contribution in [3.63, 3.8) is 0 Å². The molecule has 4 heteroatoms. The van der Waals surface area contributed by atoms with Gasteiger partial charge in [-0.15, -0.1) is 0 Å². The summed E-state index contributed by atoms with van der Waals surface area (Å²) in [5.74, 6) is 0. The van der Waals surface area contributed by atoms with Crippen molar-refractivity contribution in [1.29, 1.82) is 0 Å². The van der Waals surface area contributed by atoms with E-state index in [0.29, 0.717) is 5.41 Å². The Morgan fingerprint density at radius 1 is 1.31 bits per heavy atom. The largest absolute Gasteiger partial charge is 0.305 e. The molecule has 2 saturated heterocycles. The van der Waals surface area contributed by atoms with Crippen molar-refractivity contribution in [3.8, 4) is 0 Å². The van der Waals surface area contributed by atoms with Crippen molar-refractivity contribution in [2.75, 3.05) is 39.8 Å². The minimum absolute atomic E-state index is 0.619. The van der Waals surface area contributed by atoms with Gasteiger partial charge in [0.2, 0.25) is 0 Å². The van der Waals surface area contributed by atoms with Crippen molar-refractivity contribution in [2.45, 2.75) is 6.92 Å². The minimum Gasteiger partial charge on any atom is -0.305 e. The maximum atomic E-state index is 4.29. The van der Waals surface area contributed by atoms with Crippen LogP contribution in [0.3, 0.4) is 0 Å². The molecule has 2 fully saturated rings. The molecular formula is C12H20N4. The Balaban J connectivity index is 1.71. The third kappa shape index (κ3) is 2.39. The van der Waals surface area contributed by atoms with Gasteiger partial charge in [-0.3, -0.25) is 14.9 Å². The third-order valence-electron chi connectivity index (χ3n) is 3.25. The van der Waals surface area contributed by atoms with Gasteiger partial charge in [-0.1, -0.05) is 0 Å². The molecule has 4 nitrogen and oxygen atoms in total. The molecular weight excluding hydrogens is 200 g/mol. The van der Waals surface area contributed by atoms with E-state index in [1.807, 2.05) is 0 Å². The lowest BCUT2D eigenvalue weighted by molar-refractivity contribution is -0.0974. The second-order valence-electron chi connectivity index (χ2n) is 5.16. The summed E-state index contributed by atoms with van der Waals surface area (Å²) in [4.78, 5) is 12.8. The van der Waals surface area contributed by atoms with Crippen LogP contribution in [0.5, 0.6) is 0 Å². The van der Waals surface area contributed by atoms with Crippen LogP contribution in [0.25, 0.3) is 0 Å². The fourth-order valence-corrected chi connectivity index (χ4v) is 2.89. The third-order valence-corrected chi connectivity index (χ3v) is 3.25. The van der Waals surface area contributed by atoms with E-state index in [0.717, 1.165) is 12.3 Å². The highest BCUT2D eigenvalue weighted by Gasteiger charge is 2.49. The summed E-state index contributed by atoms with van der Waals surface area (Å²) in [7, 11) is 2.19. The van der Waals surface area contributed by atoms with Crippen LogP contribution in [0.15, 0.2) is 22.4 Å². The molecule has 2 heterocycles. The molecule has 2 rings (SSSR count). The summed E-state index contributed by atoms with van der Waals surface area (Å²) in [6.07, 6.45) is 3.32. The van der Waals surface area contributed by atoms with Crippen LogP contribution in [0, 0.1) is 5.41 Å². The fraction of sp³-hybridized carbons (Fsp3) is 0.667. The van der Waals surface area contributed by atoms with Crippen molar-refractivity contribution < 1.29 is 0 Å². The smallest absolute Gasteiger partial charge is 0.0450 e. The second-order valence-corrected chi connectivity index (χ2v) is 5.16. The Morgan fingerprint density at radius 3 is 2.56 bits per heavy atom. The zero-order valence-electron chi connectivity index (χ0n) is 10.2. The molecule has 16 heavy (non-hydrogen) atoms. The number of aliphatic imine (C=N–C) groups is 2. The van der Waals surface area contributed by atoms with Gasteiger partial charge in [0.1, 0.15) is 0 Å². The van der Waals surface area contributed by atoms with E-state index in [-0.39, 0.29) is 0 Å². The molecule has 0 aromatic carbocycles. The van der Waals surface area contributed by atoms with Gasteiger partial charge in [0.05, 0.1) is 0 Å². The van der Waals surface area contributed by atoms with Crippen LogP contribution in [0.2, 0.25) is 0 Å². The van der Waals surface area contributed by atoms with Gasteiger partial charge < -0.3 is 4.90 Å². The first-order valence-electron chi connectivity index (χ1n) is 5.69. The summed E-state index contributed by atoms with van der Waals surface area (Å²) >= 11 is 0. The number of hydrogen-bond acceptors (Lipinski definition) is 4. The number of hydrogen-bond donors (Lipinski definition) is 0. The SMILES string of the molecule is C=N/C=C\N=C(C)CN1CC2(CN(C)C2)C1. The second kappa shape index (κ2) is 4.47. The van der Waals surface area contributed by atoms with Gasteiger partial charge in [0.15, 0.2) is 0 Å². The van der Waals surface area contributed by atoms with E-state index in [2.05, 4.69) is 40.5 Å². The molecule has 0 bridgehead atoms. The quantitative estimate of drug-likeness (QED) is 0.658. The fourth-order valence-electron chi connectivity index (χ4n) is 2.89. The monoisotopic (exact) mass is 220 g/mol. The molecule has 0 amide bonds. The standard InChI is InChI=1S/C12H20N4/c1-11(14-5-4-13-2)6-16-9-12(10-16)7-15(3)8-12/h4-5H,2,6-10H2,1,3H3/b5-4-,14-11?. The van der Waals surface area contributed by atoms with Crippen LogP contribution >= 0.6 is 0 Å². The van der Waals surface area contributed by atoms with Crippen LogP contribution < -0.4 is 0 Å². The minimum atomic E-state index is 0.619. The van der Waals surface area contributed by atoms with Gasteiger partial charge in [-0.2, -0.15) is 0 Å². The highest BCUT2D eigenvalue weighted by Crippen LogP contribution is 2.38. The number of nitrogens with zero attached hydrogens (tertiary/aromatic N) is 4. The molecule has 0 N–H and O–H groups in total. The first-order valence-corrected chi connectivity index (χ1v) is 5.69. The Labute approximate surface area is 97.4 Å². The molecule has 0 saturated carbocycles. The molecule has 1 spiro atoms. The first kappa shape index (κ1) is 11.5. The summed E-state index contributed by atoms with van der Waals surface area (Å²) < 4.78 is 0. The van der Waals surface area contributed by atoms with Gasteiger partial charge in [-0.25, -0.2) is 0 Å². The number of likely N-dealkylation sites (tertiary alicyclic amines) is 2. The van der Waals surface area contributed by atoms with Gasteiger partial charge in [-0.05, 0) is 20.7 Å². The van der Waals surface area contributed by atoms with Crippen molar-refractivity contribution in [3.05, 3.63) is 12.4 Å². The Bertz CT molecular complexity index is 318. The molecule has 0 unspecified atom stereocenters. The summed E-state index contributed by atoms with van der Waals surface area (Å²) in [6, 6.07) is 0. The molecule has 2 aliphatic heterocycles. The highest BCUT2D eigenvalue weighted by molar-refractivity contribution is 5.84. The van der Waals surface area contributed by atoms with Crippen LogP contribution in [0.1, 0.15) is 6.92 Å². The van der Waals surface area contributed by atoms with Crippen molar-refractivity contribution >= 4 is 12.4 Å². The summed E-state index contributed by atoms with van der Waals surface area (Å²) in [5, 5.41) is 0. The predicted molar refractivity (Wildman–Crippen MR) is 68.2 cm³/mol. The Morgan fingerprint density at radius 2 is 2.00 bits per heavy atom. The van der Waals surface area contributed by atoms with Gasteiger partial charge in [0.25, 0.3) is 0 Å². The first-order chi connectivity index (χ1) is 7.63. The summed E-state index contributed by atoms with van der Waals surface area (Å²) in [6.45, 7) is 11.4. The lowest BCUT2D eigenvalue weighted by Gasteiger charge is -2.59. The molecule has 0 aromatic rings. The molecule has 2 aliphatic rings. The van der Waals surface area contributed by atoms with E-state index in [1.165, 1.54) is 26.2 Å². The number of rotatable bonds is 4. The topological polar surface area (TPSA) is 31.2 Å². The average molecular weight is 220 g/mol. The zero-order valence-corrected chi connectivity index (χ0v) is 10.2. The van der Waals surface area contributed by atoms with Crippen molar-refractivity contribution in [2.24, 2.45) is 15.4 Å². The normalized spacial score (nSPS) is 25.8. The van der Waals surface area contributed by atoms with Gasteiger partial charge in [0, 0.05) is 56.3 Å². The van der Waals surface area contributed by atoms with E-state index in [4.69, 9.17) is 0 Å². The Kier molecular flexibility index (Phi) is 3.21. The maximum absolute atomic E-state index is 4.29.